The van der Waals surface area contributed by atoms with Gasteiger partial charge in [-0.05, 0) is 39.2 Å². The molecule has 1 saturated carbocycles. The summed E-state index contributed by atoms with van der Waals surface area (Å²) in [5.74, 6) is 1.46. The standard InChI is InChI=1S/C18H28N4O2/c1-17(5-3-4-6-17)14-13-15(20-24-14)19-16(23)22-12-9-18(22)7-10-21(2)11-8-18/h13H,3-12H2,1-2H3,(H,19,20,23). The van der Waals surface area contributed by atoms with Crippen LogP contribution < -0.4 is 5.32 Å². The van der Waals surface area contributed by atoms with Crippen LogP contribution in [-0.2, 0) is 5.41 Å². The number of amides is 2. The minimum Gasteiger partial charge on any atom is -0.359 e. The number of hydrogen-bond donors (Lipinski definition) is 1. The molecule has 6 nitrogen and oxygen atoms in total. The summed E-state index contributed by atoms with van der Waals surface area (Å²) in [5, 5.41) is 7.05. The van der Waals surface area contributed by atoms with Gasteiger partial charge in [-0.15, -0.1) is 0 Å². The fourth-order valence-electron chi connectivity index (χ4n) is 4.61. The number of nitrogens with zero attached hydrogens (tertiary/aromatic N) is 3. The second kappa shape index (κ2) is 5.76. The maximum atomic E-state index is 12.7. The lowest BCUT2D eigenvalue weighted by molar-refractivity contribution is -0.0166. The minimum absolute atomic E-state index is 0.0257. The summed E-state index contributed by atoms with van der Waals surface area (Å²) in [6.45, 7) is 5.21. The Labute approximate surface area is 143 Å². The zero-order chi connectivity index (χ0) is 16.8. The molecule has 1 aliphatic carbocycles. The smallest absolute Gasteiger partial charge is 0.323 e. The molecule has 4 rings (SSSR count). The number of rotatable bonds is 2. The minimum atomic E-state index is -0.0257. The van der Waals surface area contributed by atoms with Crippen molar-refractivity contribution in [2.24, 2.45) is 0 Å². The molecule has 1 aromatic heterocycles. The summed E-state index contributed by atoms with van der Waals surface area (Å²) in [4.78, 5) is 17.0. The fraction of sp³-hybridized carbons (Fsp3) is 0.778. The molecule has 0 atom stereocenters. The van der Waals surface area contributed by atoms with Crippen molar-refractivity contribution >= 4 is 11.8 Å². The Morgan fingerprint density at radius 3 is 2.46 bits per heavy atom. The van der Waals surface area contributed by atoms with Crippen LogP contribution in [0.15, 0.2) is 10.6 Å². The third-order valence-corrected chi connectivity index (χ3v) is 6.58. The van der Waals surface area contributed by atoms with E-state index in [2.05, 4.69) is 29.3 Å². The van der Waals surface area contributed by atoms with Gasteiger partial charge in [-0.25, -0.2) is 4.79 Å². The van der Waals surface area contributed by atoms with Gasteiger partial charge in [0.1, 0.15) is 5.76 Å². The zero-order valence-corrected chi connectivity index (χ0v) is 14.8. The van der Waals surface area contributed by atoms with Crippen LogP contribution in [0, 0.1) is 0 Å². The lowest BCUT2D eigenvalue weighted by Gasteiger charge is -2.55. The van der Waals surface area contributed by atoms with E-state index in [9.17, 15) is 4.79 Å². The monoisotopic (exact) mass is 332 g/mol. The van der Waals surface area contributed by atoms with Gasteiger partial charge in [0.25, 0.3) is 0 Å². The Morgan fingerprint density at radius 2 is 1.83 bits per heavy atom. The van der Waals surface area contributed by atoms with Gasteiger partial charge in [0.05, 0.1) is 0 Å². The Kier molecular flexibility index (Phi) is 3.82. The maximum absolute atomic E-state index is 12.7. The Morgan fingerprint density at radius 1 is 1.17 bits per heavy atom. The summed E-state index contributed by atoms with van der Waals surface area (Å²) in [6.07, 6.45) is 8.01. The first-order valence-corrected chi connectivity index (χ1v) is 9.25. The quantitative estimate of drug-likeness (QED) is 0.903. The van der Waals surface area contributed by atoms with Crippen molar-refractivity contribution < 1.29 is 9.32 Å². The molecule has 24 heavy (non-hydrogen) atoms. The van der Waals surface area contributed by atoms with Gasteiger partial charge in [-0.1, -0.05) is 24.9 Å². The fourth-order valence-corrected chi connectivity index (χ4v) is 4.61. The third kappa shape index (κ3) is 2.61. The number of likely N-dealkylation sites (tertiary alicyclic amines) is 2. The molecule has 0 bridgehead atoms. The van der Waals surface area contributed by atoms with E-state index >= 15 is 0 Å². The summed E-state index contributed by atoms with van der Waals surface area (Å²) in [7, 11) is 2.15. The second-order valence-electron chi connectivity index (χ2n) is 8.20. The van der Waals surface area contributed by atoms with Crippen LogP contribution in [0.3, 0.4) is 0 Å². The molecule has 3 heterocycles. The number of aromatic nitrogens is 1. The van der Waals surface area contributed by atoms with E-state index in [0.29, 0.717) is 5.82 Å². The molecule has 1 spiro atoms. The first-order valence-electron chi connectivity index (χ1n) is 9.25. The van der Waals surface area contributed by atoms with Gasteiger partial charge >= 0.3 is 6.03 Å². The molecule has 1 N–H and O–H groups in total. The van der Waals surface area contributed by atoms with Gasteiger partial charge in [-0.2, -0.15) is 0 Å². The van der Waals surface area contributed by atoms with E-state index in [1.165, 1.54) is 12.8 Å². The van der Waals surface area contributed by atoms with Gasteiger partial charge in [0.2, 0.25) is 0 Å². The van der Waals surface area contributed by atoms with Gasteiger partial charge in [0, 0.05) is 36.7 Å². The van der Waals surface area contributed by atoms with Crippen LogP contribution in [0.4, 0.5) is 10.6 Å². The lowest BCUT2D eigenvalue weighted by atomic mass is 9.77. The van der Waals surface area contributed by atoms with Gasteiger partial charge in [0.15, 0.2) is 5.82 Å². The van der Waals surface area contributed by atoms with E-state index in [0.717, 1.165) is 57.5 Å². The van der Waals surface area contributed by atoms with Crippen LogP contribution >= 0.6 is 0 Å². The maximum Gasteiger partial charge on any atom is 0.323 e. The molecule has 0 aromatic carbocycles. The predicted octanol–water partition coefficient (Wildman–Crippen LogP) is 3.21. The summed E-state index contributed by atoms with van der Waals surface area (Å²) in [6, 6.07) is 1.90. The SMILES string of the molecule is CN1CCC2(CC1)CCN2C(=O)Nc1cc(C2(C)CCCC2)on1. The molecule has 2 saturated heterocycles. The molecule has 0 radical (unpaired) electrons. The average molecular weight is 332 g/mol. The molecule has 3 aliphatic rings. The highest BCUT2D eigenvalue weighted by atomic mass is 16.5. The number of nitrogens with one attached hydrogen (secondary N) is 1. The molecular formula is C18H28N4O2. The molecule has 6 heteroatoms. The Hall–Kier alpha value is -1.56. The van der Waals surface area contributed by atoms with Crippen molar-refractivity contribution in [3.05, 3.63) is 11.8 Å². The van der Waals surface area contributed by atoms with Crippen LogP contribution in [-0.4, -0.2) is 53.2 Å². The lowest BCUT2D eigenvalue weighted by Crippen LogP contribution is -2.66. The number of hydrogen-bond acceptors (Lipinski definition) is 4. The van der Waals surface area contributed by atoms with E-state index < -0.39 is 0 Å². The van der Waals surface area contributed by atoms with Crippen molar-refractivity contribution in [3.8, 4) is 0 Å². The number of carbonyl (C=O) groups excluding carboxylic acids is 1. The average Bonchev–Trinajstić information content (AvgIpc) is 3.17. The van der Waals surface area contributed by atoms with Gasteiger partial charge < -0.3 is 14.3 Å². The Balaban J connectivity index is 1.41. The first-order chi connectivity index (χ1) is 11.5. The highest BCUT2D eigenvalue weighted by molar-refractivity contribution is 5.89. The molecular weight excluding hydrogens is 304 g/mol. The summed E-state index contributed by atoms with van der Waals surface area (Å²) < 4.78 is 5.54. The van der Waals surface area contributed by atoms with Crippen molar-refractivity contribution in [2.45, 2.75) is 62.8 Å². The van der Waals surface area contributed by atoms with E-state index in [1.54, 1.807) is 0 Å². The van der Waals surface area contributed by atoms with Crippen molar-refractivity contribution in [1.82, 2.24) is 15.0 Å². The molecule has 2 aliphatic heterocycles. The Bertz CT molecular complexity index is 612. The van der Waals surface area contributed by atoms with Crippen molar-refractivity contribution in [1.29, 1.82) is 0 Å². The first kappa shape index (κ1) is 15.9. The summed E-state index contributed by atoms with van der Waals surface area (Å²) >= 11 is 0. The van der Waals surface area contributed by atoms with Gasteiger partial charge in [-0.3, -0.25) is 5.32 Å². The highest BCUT2D eigenvalue weighted by Crippen LogP contribution is 2.42. The van der Waals surface area contributed by atoms with Crippen molar-refractivity contribution in [2.75, 3.05) is 32.0 Å². The largest absolute Gasteiger partial charge is 0.359 e. The third-order valence-electron chi connectivity index (χ3n) is 6.58. The topological polar surface area (TPSA) is 61.6 Å². The second-order valence-corrected chi connectivity index (χ2v) is 8.20. The molecule has 0 unspecified atom stereocenters. The number of urea groups is 1. The number of carbonyl (C=O) groups is 1. The van der Waals surface area contributed by atoms with Crippen LogP contribution in [0.2, 0.25) is 0 Å². The van der Waals surface area contributed by atoms with Crippen LogP contribution in [0.25, 0.3) is 0 Å². The normalized spacial score (nSPS) is 25.7. The van der Waals surface area contributed by atoms with Crippen LogP contribution in [0.5, 0.6) is 0 Å². The van der Waals surface area contributed by atoms with Crippen molar-refractivity contribution in [3.63, 3.8) is 0 Å². The molecule has 1 aromatic rings. The van der Waals surface area contributed by atoms with E-state index in [-0.39, 0.29) is 17.0 Å². The van der Waals surface area contributed by atoms with Crippen LogP contribution in [0.1, 0.15) is 57.6 Å². The molecule has 3 fully saturated rings. The highest BCUT2D eigenvalue weighted by Gasteiger charge is 2.48. The molecule has 2 amide bonds. The zero-order valence-electron chi connectivity index (χ0n) is 14.8. The van der Waals surface area contributed by atoms with E-state index in [1.807, 2.05) is 11.0 Å². The van der Waals surface area contributed by atoms with E-state index in [4.69, 9.17) is 4.52 Å². The number of anilines is 1. The summed E-state index contributed by atoms with van der Waals surface area (Å²) in [5.41, 5.74) is 0.155. The molecule has 132 valence electrons. The predicted molar refractivity (Wildman–Crippen MR) is 92.1 cm³/mol. The number of piperidine rings is 1.